The van der Waals surface area contributed by atoms with Crippen LogP contribution in [0.1, 0.15) is 24.2 Å². The monoisotopic (exact) mass is 137 g/mol. The summed E-state index contributed by atoms with van der Waals surface area (Å²) >= 11 is 0. The molecular weight excluding hydrogens is 126 g/mol. The fourth-order valence-electron chi connectivity index (χ4n) is 1.46. The highest BCUT2D eigenvalue weighted by Gasteiger charge is 2.13. The Morgan fingerprint density at radius 2 is 1.60 bits per heavy atom. The van der Waals surface area contributed by atoms with Gasteiger partial charge in [-0.2, -0.15) is 15.0 Å². The van der Waals surface area contributed by atoms with Gasteiger partial charge in [-0.1, -0.05) is 0 Å². The summed E-state index contributed by atoms with van der Waals surface area (Å²) in [5.74, 6) is 0. The molecule has 0 spiro atoms. The number of aryl methyl sites for hydroxylation is 3. The molecule has 0 unspecified atom stereocenters. The molecule has 1 aromatic heterocycles. The molecule has 0 amide bonds. The van der Waals surface area contributed by atoms with Crippen LogP contribution in [0.15, 0.2) is 0 Å². The van der Waals surface area contributed by atoms with Crippen molar-refractivity contribution in [2.45, 2.75) is 25.7 Å². The third-order valence-corrected chi connectivity index (χ3v) is 1.94. The van der Waals surface area contributed by atoms with E-state index in [0.29, 0.717) is 0 Å². The molecule has 10 heavy (non-hydrogen) atoms. The molecule has 0 aromatic carbocycles. The first-order chi connectivity index (χ1) is 4.86. The van der Waals surface area contributed by atoms with Crippen molar-refractivity contribution in [3.63, 3.8) is 0 Å². The number of fused-ring (bicyclic) bond motifs is 1. The lowest BCUT2D eigenvalue weighted by Crippen LogP contribution is -2.00. The van der Waals surface area contributed by atoms with Gasteiger partial charge in [0.1, 0.15) is 0 Å². The van der Waals surface area contributed by atoms with Gasteiger partial charge in [-0.15, -0.1) is 0 Å². The molecule has 1 aliphatic carbocycles. The van der Waals surface area contributed by atoms with E-state index in [1.807, 2.05) is 7.05 Å². The summed E-state index contributed by atoms with van der Waals surface area (Å²) in [6, 6.07) is 0. The van der Waals surface area contributed by atoms with E-state index in [1.165, 1.54) is 24.2 Å². The molecule has 1 aromatic rings. The van der Waals surface area contributed by atoms with E-state index in [2.05, 4.69) is 10.2 Å². The third kappa shape index (κ3) is 0.818. The maximum atomic E-state index is 4.26. The van der Waals surface area contributed by atoms with Crippen LogP contribution in [0.2, 0.25) is 0 Å². The first-order valence-electron chi connectivity index (χ1n) is 3.75. The van der Waals surface area contributed by atoms with Crippen molar-refractivity contribution >= 4 is 0 Å². The second-order valence-corrected chi connectivity index (χ2v) is 2.79. The summed E-state index contributed by atoms with van der Waals surface area (Å²) in [6.07, 6.45) is 4.82. The van der Waals surface area contributed by atoms with Crippen molar-refractivity contribution in [3.8, 4) is 0 Å². The molecule has 0 N–H and O–H groups in total. The van der Waals surface area contributed by atoms with E-state index in [4.69, 9.17) is 0 Å². The maximum Gasteiger partial charge on any atom is 0.0859 e. The van der Waals surface area contributed by atoms with Crippen LogP contribution in [0.3, 0.4) is 0 Å². The van der Waals surface area contributed by atoms with Crippen LogP contribution < -0.4 is 0 Å². The quantitative estimate of drug-likeness (QED) is 0.527. The molecule has 0 saturated heterocycles. The predicted molar refractivity (Wildman–Crippen MR) is 37.6 cm³/mol. The van der Waals surface area contributed by atoms with Gasteiger partial charge in [-0.3, -0.25) is 0 Å². The minimum Gasteiger partial charge on any atom is -0.188 e. The molecule has 3 heteroatoms. The molecule has 1 heterocycles. The summed E-state index contributed by atoms with van der Waals surface area (Å²) in [7, 11) is 1.89. The Morgan fingerprint density at radius 1 is 1.10 bits per heavy atom. The number of hydrogen-bond donors (Lipinski definition) is 0. The number of nitrogens with zero attached hydrogens (tertiary/aromatic N) is 3. The summed E-state index contributed by atoms with van der Waals surface area (Å²) < 4.78 is 0. The Kier molecular flexibility index (Phi) is 1.22. The van der Waals surface area contributed by atoms with Gasteiger partial charge in [0.25, 0.3) is 0 Å². The van der Waals surface area contributed by atoms with Gasteiger partial charge in [0, 0.05) is 7.05 Å². The van der Waals surface area contributed by atoms with Gasteiger partial charge in [-0.05, 0) is 25.7 Å². The Balaban J connectivity index is 2.41. The molecule has 1 aliphatic rings. The van der Waals surface area contributed by atoms with Gasteiger partial charge in [-0.25, -0.2) is 0 Å². The zero-order valence-electron chi connectivity index (χ0n) is 6.17. The average molecular weight is 137 g/mol. The molecule has 0 bridgehead atoms. The van der Waals surface area contributed by atoms with E-state index < -0.39 is 0 Å². The SMILES string of the molecule is Cn1nc2c(n1)CCCC2. The Morgan fingerprint density at radius 3 is 2.10 bits per heavy atom. The smallest absolute Gasteiger partial charge is 0.0859 e. The zero-order chi connectivity index (χ0) is 6.97. The Labute approximate surface area is 60.0 Å². The summed E-state index contributed by atoms with van der Waals surface area (Å²) in [5, 5.41) is 8.51. The average Bonchev–Trinajstić information content (AvgIpc) is 2.27. The highest BCUT2D eigenvalue weighted by atomic mass is 15.5. The largest absolute Gasteiger partial charge is 0.188 e. The Hall–Kier alpha value is -0.860. The van der Waals surface area contributed by atoms with E-state index in [-0.39, 0.29) is 0 Å². The lowest BCUT2D eigenvalue weighted by atomic mass is 10.0. The van der Waals surface area contributed by atoms with Crippen LogP contribution in [-0.2, 0) is 19.9 Å². The topological polar surface area (TPSA) is 30.7 Å². The van der Waals surface area contributed by atoms with Crippen LogP contribution >= 0.6 is 0 Å². The normalized spacial score (nSPS) is 16.9. The van der Waals surface area contributed by atoms with Crippen molar-refractivity contribution < 1.29 is 0 Å². The second-order valence-electron chi connectivity index (χ2n) is 2.79. The van der Waals surface area contributed by atoms with Crippen molar-refractivity contribution in [1.29, 1.82) is 0 Å². The van der Waals surface area contributed by atoms with Gasteiger partial charge in [0.15, 0.2) is 0 Å². The first-order valence-corrected chi connectivity index (χ1v) is 3.75. The van der Waals surface area contributed by atoms with Crippen molar-refractivity contribution in [2.75, 3.05) is 0 Å². The van der Waals surface area contributed by atoms with E-state index in [9.17, 15) is 0 Å². The lowest BCUT2D eigenvalue weighted by molar-refractivity contribution is 0.643. The van der Waals surface area contributed by atoms with Crippen LogP contribution in [0.25, 0.3) is 0 Å². The van der Waals surface area contributed by atoms with Crippen molar-refractivity contribution in [1.82, 2.24) is 15.0 Å². The maximum absolute atomic E-state index is 4.26. The fourth-order valence-corrected chi connectivity index (χ4v) is 1.46. The molecule has 0 atom stereocenters. The predicted octanol–water partition coefficient (Wildman–Crippen LogP) is 0.694. The van der Waals surface area contributed by atoms with Gasteiger partial charge < -0.3 is 0 Å². The lowest BCUT2D eigenvalue weighted by Gasteiger charge is -2.05. The Bertz CT molecular complexity index is 215. The highest BCUT2D eigenvalue weighted by Crippen LogP contribution is 2.15. The van der Waals surface area contributed by atoms with E-state index >= 15 is 0 Å². The third-order valence-electron chi connectivity index (χ3n) is 1.94. The standard InChI is InChI=1S/C7H11N3/c1-10-8-6-4-2-3-5-7(6)9-10/h2-5H2,1H3. The molecule has 0 radical (unpaired) electrons. The van der Waals surface area contributed by atoms with Gasteiger partial charge in [0.2, 0.25) is 0 Å². The molecule has 0 saturated carbocycles. The number of rotatable bonds is 0. The first kappa shape index (κ1) is 5.89. The van der Waals surface area contributed by atoms with Crippen molar-refractivity contribution in [3.05, 3.63) is 11.4 Å². The van der Waals surface area contributed by atoms with Gasteiger partial charge >= 0.3 is 0 Å². The van der Waals surface area contributed by atoms with E-state index in [1.54, 1.807) is 4.80 Å². The minimum atomic E-state index is 1.13. The number of hydrogen-bond acceptors (Lipinski definition) is 2. The molecular formula is C7H11N3. The highest BCUT2D eigenvalue weighted by molar-refractivity contribution is 5.11. The fraction of sp³-hybridized carbons (Fsp3) is 0.714. The van der Waals surface area contributed by atoms with E-state index in [0.717, 1.165) is 12.8 Å². The van der Waals surface area contributed by atoms with Crippen LogP contribution in [0.4, 0.5) is 0 Å². The van der Waals surface area contributed by atoms with Crippen LogP contribution in [0.5, 0.6) is 0 Å². The molecule has 3 nitrogen and oxygen atoms in total. The molecule has 54 valence electrons. The summed E-state index contributed by atoms with van der Waals surface area (Å²) in [5.41, 5.74) is 2.43. The molecule has 0 fully saturated rings. The van der Waals surface area contributed by atoms with Crippen molar-refractivity contribution in [2.24, 2.45) is 7.05 Å². The minimum absolute atomic E-state index is 1.13. The molecule has 0 aliphatic heterocycles. The summed E-state index contributed by atoms with van der Waals surface area (Å²) in [6.45, 7) is 0. The number of aromatic nitrogens is 3. The second kappa shape index (κ2) is 2.08. The zero-order valence-corrected chi connectivity index (χ0v) is 6.17. The summed E-state index contributed by atoms with van der Waals surface area (Å²) in [4.78, 5) is 1.68. The van der Waals surface area contributed by atoms with Crippen LogP contribution in [-0.4, -0.2) is 15.0 Å². The van der Waals surface area contributed by atoms with Crippen LogP contribution in [0, 0.1) is 0 Å². The molecule has 2 rings (SSSR count). The van der Waals surface area contributed by atoms with Gasteiger partial charge in [0.05, 0.1) is 11.4 Å².